The first kappa shape index (κ1) is 16.5. The van der Waals surface area contributed by atoms with Crippen LogP contribution in [0.25, 0.3) is 10.2 Å². The quantitative estimate of drug-likeness (QED) is 0.726. The minimum absolute atomic E-state index is 0.165. The van der Waals surface area contributed by atoms with E-state index in [-0.39, 0.29) is 12.3 Å². The highest BCUT2D eigenvalue weighted by Gasteiger charge is 2.07. The molecule has 0 spiro atoms. The van der Waals surface area contributed by atoms with Crippen LogP contribution in [-0.2, 0) is 11.8 Å². The van der Waals surface area contributed by atoms with Crippen molar-refractivity contribution in [2.45, 2.75) is 20.3 Å². The highest BCUT2D eigenvalue weighted by atomic mass is 32.1. The molecule has 0 aliphatic heterocycles. The van der Waals surface area contributed by atoms with Crippen LogP contribution in [0.3, 0.4) is 0 Å². The number of amides is 1. The van der Waals surface area contributed by atoms with Crippen molar-refractivity contribution in [1.82, 2.24) is 4.57 Å². The molecule has 0 unspecified atom stereocenters. The summed E-state index contributed by atoms with van der Waals surface area (Å²) in [6, 6.07) is 13.8. The number of carbonyl (C=O) groups is 1. The summed E-state index contributed by atoms with van der Waals surface area (Å²) in [6.07, 6.45) is 0.265. The lowest BCUT2D eigenvalue weighted by Gasteiger charge is -2.03. The van der Waals surface area contributed by atoms with Gasteiger partial charge in [-0.2, -0.15) is 4.99 Å². The molecule has 0 N–H and O–H groups in total. The fraction of sp³-hybridized carbons (Fsp3) is 0.263. The van der Waals surface area contributed by atoms with Crippen molar-refractivity contribution in [3.05, 3.63) is 58.4 Å². The van der Waals surface area contributed by atoms with Gasteiger partial charge in [-0.25, -0.2) is 0 Å². The van der Waals surface area contributed by atoms with E-state index >= 15 is 0 Å². The van der Waals surface area contributed by atoms with Gasteiger partial charge in [-0.3, -0.25) is 4.79 Å². The fourth-order valence-corrected chi connectivity index (χ4v) is 3.54. The maximum atomic E-state index is 12.1. The number of nitrogens with zero attached hydrogens (tertiary/aromatic N) is 2. The molecule has 1 amide bonds. The molecule has 0 saturated heterocycles. The number of hydrogen-bond acceptors (Lipinski definition) is 3. The lowest BCUT2D eigenvalue weighted by atomic mass is 10.1. The maximum absolute atomic E-state index is 12.1. The van der Waals surface area contributed by atoms with Gasteiger partial charge in [0.15, 0.2) is 4.80 Å². The monoisotopic (exact) mass is 340 g/mol. The molecule has 124 valence electrons. The van der Waals surface area contributed by atoms with Gasteiger partial charge in [0.2, 0.25) is 0 Å². The Morgan fingerprint density at radius 2 is 1.88 bits per heavy atom. The fourth-order valence-electron chi connectivity index (χ4n) is 2.42. The zero-order chi connectivity index (χ0) is 17.1. The molecule has 2 aromatic carbocycles. The topological polar surface area (TPSA) is 43.6 Å². The lowest BCUT2D eigenvalue weighted by Crippen LogP contribution is -2.14. The zero-order valence-electron chi connectivity index (χ0n) is 14.1. The maximum Gasteiger partial charge on any atom is 0.251 e. The molecule has 3 rings (SSSR count). The van der Waals surface area contributed by atoms with Gasteiger partial charge in [-0.1, -0.05) is 29.5 Å². The molecule has 0 bridgehead atoms. The van der Waals surface area contributed by atoms with Gasteiger partial charge < -0.3 is 9.30 Å². The predicted molar refractivity (Wildman–Crippen MR) is 97.4 cm³/mol. The Morgan fingerprint density at radius 1 is 1.17 bits per heavy atom. The number of ether oxygens (including phenoxy) is 1. The Balaban J connectivity index is 1.74. The van der Waals surface area contributed by atoms with E-state index in [4.69, 9.17) is 4.74 Å². The van der Waals surface area contributed by atoms with Crippen molar-refractivity contribution < 1.29 is 9.53 Å². The number of aryl methyl sites for hydroxylation is 3. The van der Waals surface area contributed by atoms with Crippen LogP contribution in [0.15, 0.2) is 47.5 Å². The Morgan fingerprint density at radius 3 is 2.62 bits per heavy atom. The number of aromatic nitrogens is 1. The number of thiazole rings is 1. The number of hydrogen-bond donors (Lipinski definition) is 0. The van der Waals surface area contributed by atoms with Crippen molar-refractivity contribution in [2.24, 2.45) is 12.0 Å². The number of benzene rings is 2. The summed E-state index contributed by atoms with van der Waals surface area (Å²) in [6.45, 7) is 4.52. The van der Waals surface area contributed by atoms with Crippen molar-refractivity contribution >= 4 is 27.5 Å². The van der Waals surface area contributed by atoms with E-state index in [9.17, 15) is 4.79 Å². The molecule has 3 aromatic rings. The van der Waals surface area contributed by atoms with E-state index in [1.807, 2.05) is 41.9 Å². The van der Waals surface area contributed by atoms with Gasteiger partial charge in [0.25, 0.3) is 5.91 Å². The third kappa shape index (κ3) is 3.57. The van der Waals surface area contributed by atoms with Gasteiger partial charge in [0.1, 0.15) is 5.75 Å². The highest BCUT2D eigenvalue weighted by Crippen LogP contribution is 2.21. The van der Waals surface area contributed by atoms with Gasteiger partial charge in [0.05, 0.1) is 23.2 Å². The number of rotatable bonds is 4. The second kappa shape index (κ2) is 7.01. The second-order valence-corrected chi connectivity index (χ2v) is 6.77. The summed E-state index contributed by atoms with van der Waals surface area (Å²) in [5.74, 6) is 0.602. The lowest BCUT2D eigenvalue weighted by molar-refractivity contribution is -0.118. The Bertz CT molecular complexity index is 939. The average molecular weight is 340 g/mol. The van der Waals surface area contributed by atoms with E-state index in [1.165, 1.54) is 22.5 Å². The van der Waals surface area contributed by atoms with Crippen LogP contribution < -0.4 is 9.54 Å². The molecule has 1 heterocycles. The van der Waals surface area contributed by atoms with E-state index in [0.717, 1.165) is 20.8 Å². The van der Waals surface area contributed by atoms with Gasteiger partial charge >= 0.3 is 0 Å². The first-order chi connectivity index (χ1) is 11.5. The molecule has 0 saturated carbocycles. The summed E-state index contributed by atoms with van der Waals surface area (Å²) < 4.78 is 8.67. The zero-order valence-corrected chi connectivity index (χ0v) is 14.9. The summed E-state index contributed by atoms with van der Waals surface area (Å²) in [5, 5.41) is 0. The van der Waals surface area contributed by atoms with Crippen LogP contribution >= 0.6 is 11.3 Å². The molecule has 1 aromatic heterocycles. The van der Waals surface area contributed by atoms with Crippen molar-refractivity contribution in [2.75, 3.05) is 6.61 Å². The van der Waals surface area contributed by atoms with E-state index in [1.54, 1.807) is 0 Å². The van der Waals surface area contributed by atoms with Crippen LogP contribution in [0.2, 0.25) is 0 Å². The van der Waals surface area contributed by atoms with Crippen LogP contribution in [0.5, 0.6) is 5.75 Å². The SMILES string of the molecule is Cc1cc2sc(=NC(=O)CCOc3ccccc3)n(C)c2cc1C. The summed E-state index contributed by atoms with van der Waals surface area (Å²) >= 11 is 1.54. The Labute approximate surface area is 145 Å². The molecule has 0 radical (unpaired) electrons. The van der Waals surface area contributed by atoms with Crippen LogP contribution in [0.4, 0.5) is 0 Å². The third-order valence-electron chi connectivity index (χ3n) is 3.97. The standard InChI is InChI=1S/C19H20N2O2S/c1-13-11-16-17(12-14(13)2)24-19(21(16)3)20-18(22)9-10-23-15-7-5-4-6-8-15/h4-8,11-12H,9-10H2,1-3H3. The molecule has 0 aliphatic rings. The number of carbonyl (C=O) groups excluding carboxylic acids is 1. The largest absolute Gasteiger partial charge is 0.493 e. The summed E-state index contributed by atoms with van der Waals surface area (Å²) in [5.41, 5.74) is 3.60. The normalized spacial score (nSPS) is 11.9. The molecule has 0 aliphatic carbocycles. The third-order valence-corrected chi connectivity index (χ3v) is 5.07. The van der Waals surface area contributed by atoms with Gasteiger partial charge in [0, 0.05) is 7.05 Å². The van der Waals surface area contributed by atoms with Crippen LogP contribution in [0, 0.1) is 13.8 Å². The molecule has 0 fully saturated rings. The van der Waals surface area contributed by atoms with E-state index in [0.29, 0.717) is 6.61 Å². The molecule has 0 atom stereocenters. The predicted octanol–water partition coefficient (Wildman–Crippen LogP) is 3.75. The average Bonchev–Trinajstić information content (AvgIpc) is 2.85. The smallest absolute Gasteiger partial charge is 0.251 e. The minimum Gasteiger partial charge on any atom is -0.493 e. The van der Waals surface area contributed by atoms with E-state index < -0.39 is 0 Å². The summed E-state index contributed by atoms with van der Waals surface area (Å²) in [7, 11) is 1.94. The van der Waals surface area contributed by atoms with Crippen molar-refractivity contribution in [1.29, 1.82) is 0 Å². The second-order valence-electron chi connectivity index (χ2n) is 5.76. The molecule has 5 heteroatoms. The van der Waals surface area contributed by atoms with Crippen LogP contribution in [0.1, 0.15) is 17.5 Å². The summed E-state index contributed by atoms with van der Waals surface area (Å²) in [4.78, 5) is 17.1. The van der Waals surface area contributed by atoms with Crippen molar-refractivity contribution in [3.63, 3.8) is 0 Å². The Kier molecular flexibility index (Phi) is 4.81. The van der Waals surface area contributed by atoms with E-state index in [2.05, 4.69) is 31.0 Å². The first-order valence-electron chi connectivity index (χ1n) is 7.87. The van der Waals surface area contributed by atoms with Gasteiger partial charge in [-0.05, 0) is 49.2 Å². The highest BCUT2D eigenvalue weighted by molar-refractivity contribution is 7.16. The minimum atomic E-state index is -0.165. The first-order valence-corrected chi connectivity index (χ1v) is 8.68. The number of para-hydroxylation sites is 1. The molecule has 4 nitrogen and oxygen atoms in total. The van der Waals surface area contributed by atoms with Crippen molar-refractivity contribution in [3.8, 4) is 5.75 Å². The number of fused-ring (bicyclic) bond motifs is 1. The molecular weight excluding hydrogens is 320 g/mol. The van der Waals surface area contributed by atoms with Crippen LogP contribution in [-0.4, -0.2) is 17.1 Å². The van der Waals surface area contributed by atoms with Gasteiger partial charge in [-0.15, -0.1) is 0 Å². The Hall–Kier alpha value is -2.40. The molecule has 24 heavy (non-hydrogen) atoms. The molecular formula is C19H20N2O2S.